The highest BCUT2D eigenvalue weighted by Gasteiger charge is 2.54. The average molecular weight is 545 g/mol. The molecule has 1 fully saturated rings. The maximum absolute atomic E-state index is 13.9. The number of hydrazone groups is 1. The number of pyridine rings is 1. The van der Waals surface area contributed by atoms with E-state index in [0.29, 0.717) is 25.1 Å². The summed E-state index contributed by atoms with van der Waals surface area (Å²) in [6.07, 6.45) is 0.976. The van der Waals surface area contributed by atoms with Gasteiger partial charge in [-0.3, -0.25) is 14.4 Å². The lowest BCUT2D eigenvalue weighted by molar-refractivity contribution is -0.142. The summed E-state index contributed by atoms with van der Waals surface area (Å²) >= 11 is 0. The van der Waals surface area contributed by atoms with E-state index in [4.69, 9.17) is 5.11 Å². The van der Waals surface area contributed by atoms with Crippen molar-refractivity contribution in [2.24, 2.45) is 10.5 Å². The molecule has 0 saturated carbocycles. The number of benzene rings is 1. The van der Waals surface area contributed by atoms with Crippen molar-refractivity contribution in [3.8, 4) is 11.8 Å². The van der Waals surface area contributed by atoms with Gasteiger partial charge < -0.3 is 20.6 Å². The normalized spacial score (nSPS) is 19.1. The number of nitrogens with one attached hydrogen (secondary N) is 2. The van der Waals surface area contributed by atoms with E-state index in [1.165, 1.54) is 18.9 Å². The third-order valence-electron chi connectivity index (χ3n) is 7.04. The molecule has 4 amide bonds. The van der Waals surface area contributed by atoms with Crippen LogP contribution in [0.25, 0.3) is 0 Å². The Kier molecular flexibility index (Phi) is 8.18. The van der Waals surface area contributed by atoms with Crippen LogP contribution >= 0.6 is 0 Å². The Balaban J connectivity index is 1.60. The molecule has 4 rings (SSSR count). The molecule has 2 aromatic rings. The van der Waals surface area contributed by atoms with Crippen molar-refractivity contribution in [1.82, 2.24) is 25.5 Å². The monoisotopic (exact) mass is 544 g/mol. The van der Waals surface area contributed by atoms with Gasteiger partial charge in [-0.2, -0.15) is 5.10 Å². The largest absolute Gasteiger partial charge is 0.465 e. The van der Waals surface area contributed by atoms with Crippen molar-refractivity contribution >= 4 is 29.5 Å². The topological polar surface area (TPSA) is 144 Å². The Bertz CT molecular complexity index is 1380. The van der Waals surface area contributed by atoms with Gasteiger partial charge in [-0.05, 0) is 43.9 Å². The number of amides is 4. The third kappa shape index (κ3) is 6.12. The number of piperidine rings is 1. The Hall–Kier alpha value is -4.72. The van der Waals surface area contributed by atoms with E-state index in [0.717, 1.165) is 11.3 Å². The second-order valence-corrected chi connectivity index (χ2v) is 10.4. The Morgan fingerprint density at radius 1 is 1.15 bits per heavy atom. The summed E-state index contributed by atoms with van der Waals surface area (Å²) in [4.78, 5) is 57.4. The maximum atomic E-state index is 13.9. The van der Waals surface area contributed by atoms with Crippen LogP contribution in [0, 0.1) is 17.3 Å². The molecular weight excluding hydrogens is 512 g/mol. The van der Waals surface area contributed by atoms with E-state index in [9.17, 15) is 19.2 Å². The summed E-state index contributed by atoms with van der Waals surface area (Å²) in [6.45, 7) is 3.22. The Morgan fingerprint density at radius 3 is 2.55 bits per heavy atom. The van der Waals surface area contributed by atoms with E-state index >= 15 is 0 Å². The number of fused-ring (bicyclic) bond motifs is 1. The van der Waals surface area contributed by atoms with Crippen molar-refractivity contribution in [1.29, 1.82) is 0 Å². The molecule has 0 radical (unpaired) electrons. The van der Waals surface area contributed by atoms with Crippen LogP contribution in [-0.2, 0) is 20.8 Å². The number of aromatic nitrogens is 1. The minimum Gasteiger partial charge on any atom is -0.465 e. The molecule has 1 aromatic heterocycles. The molecule has 0 bridgehead atoms. The van der Waals surface area contributed by atoms with Crippen LogP contribution in [0.4, 0.5) is 4.79 Å². The first kappa shape index (κ1) is 28.3. The number of likely N-dealkylation sites (tertiary alicyclic amines) is 1. The molecule has 208 valence electrons. The maximum Gasteiger partial charge on any atom is 0.405 e. The summed E-state index contributed by atoms with van der Waals surface area (Å²) in [7, 11) is 1.61. The SMILES string of the molecule is CN1N=C2CCN(C(=O)[C@@H](CC#Cc3ccccn3)NC(=O)C(C)(C)NC(=O)O)C[C@@]2(Cc2ccccc2)C1=O. The lowest BCUT2D eigenvalue weighted by Crippen LogP contribution is -2.61. The zero-order valence-electron chi connectivity index (χ0n) is 22.7. The van der Waals surface area contributed by atoms with Crippen LogP contribution in [0.1, 0.15) is 37.9 Å². The van der Waals surface area contributed by atoms with E-state index in [-0.39, 0.29) is 18.9 Å². The van der Waals surface area contributed by atoms with Crippen LogP contribution in [0.5, 0.6) is 0 Å². The number of nitrogens with zero attached hydrogens (tertiary/aromatic N) is 4. The minimum atomic E-state index is -1.50. The van der Waals surface area contributed by atoms with Gasteiger partial charge in [0.25, 0.3) is 5.91 Å². The number of carbonyl (C=O) groups is 4. The van der Waals surface area contributed by atoms with Crippen molar-refractivity contribution in [3.63, 3.8) is 0 Å². The molecule has 2 aliphatic heterocycles. The summed E-state index contributed by atoms with van der Waals surface area (Å²) in [5, 5.41) is 19.8. The van der Waals surface area contributed by atoms with Gasteiger partial charge in [0.1, 0.15) is 22.7 Å². The zero-order chi connectivity index (χ0) is 28.9. The van der Waals surface area contributed by atoms with E-state index in [1.54, 1.807) is 36.3 Å². The molecule has 0 spiro atoms. The van der Waals surface area contributed by atoms with Crippen LogP contribution in [0.2, 0.25) is 0 Å². The van der Waals surface area contributed by atoms with Crippen LogP contribution < -0.4 is 10.6 Å². The second-order valence-electron chi connectivity index (χ2n) is 10.4. The minimum absolute atomic E-state index is 0.0404. The summed E-state index contributed by atoms with van der Waals surface area (Å²) in [6, 6.07) is 13.8. The summed E-state index contributed by atoms with van der Waals surface area (Å²) in [5.41, 5.74) is -0.328. The number of carbonyl (C=O) groups excluding carboxylic acids is 3. The van der Waals surface area contributed by atoms with Gasteiger partial charge in [0.05, 0.1) is 5.71 Å². The van der Waals surface area contributed by atoms with Crippen molar-refractivity contribution < 1.29 is 24.3 Å². The molecule has 11 heteroatoms. The lowest BCUT2D eigenvalue weighted by atomic mass is 9.73. The standard InChI is InChI=1S/C29H32N6O5/c1-28(2,32-27(39)40)25(37)31-22(14-9-13-21-12-7-8-16-30-21)24(36)35-17-15-23-29(19-35,26(38)34(3)33-23)18-20-10-5-4-6-11-20/h4-8,10-12,16,22,32H,14-15,17-19H2,1-3H3,(H,31,37)(H,39,40)/t22-,29-/m1/s1. The molecule has 2 aliphatic rings. The fraction of sp³-hybridized carbons (Fsp3) is 0.379. The fourth-order valence-corrected chi connectivity index (χ4v) is 4.98. The van der Waals surface area contributed by atoms with Gasteiger partial charge in [0.2, 0.25) is 11.8 Å². The number of rotatable bonds is 7. The predicted molar refractivity (Wildman–Crippen MR) is 147 cm³/mol. The fourth-order valence-electron chi connectivity index (χ4n) is 4.98. The number of hydrogen-bond acceptors (Lipinski definition) is 6. The molecule has 1 aromatic carbocycles. The molecular formula is C29H32N6O5. The molecule has 3 N–H and O–H groups in total. The Labute approximate surface area is 232 Å². The first-order valence-corrected chi connectivity index (χ1v) is 12.9. The number of hydrogen-bond donors (Lipinski definition) is 3. The highest BCUT2D eigenvalue weighted by atomic mass is 16.4. The molecule has 40 heavy (non-hydrogen) atoms. The van der Waals surface area contributed by atoms with Crippen molar-refractivity contribution in [2.45, 2.75) is 44.7 Å². The first-order chi connectivity index (χ1) is 19.0. The van der Waals surface area contributed by atoms with Crippen molar-refractivity contribution in [2.75, 3.05) is 20.1 Å². The summed E-state index contributed by atoms with van der Waals surface area (Å²) in [5.74, 6) is 4.53. The van der Waals surface area contributed by atoms with Gasteiger partial charge in [-0.15, -0.1) is 0 Å². The molecule has 3 heterocycles. The molecule has 2 atom stereocenters. The van der Waals surface area contributed by atoms with Gasteiger partial charge >= 0.3 is 6.09 Å². The first-order valence-electron chi connectivity index (χ1n) is 12.9. The van der Waals surface area contributed by atoms with Gasteiger partial charge in [-0.1, -0.05) is 42.3 Å². The highest BCUT2D eigenvalue weighted by molar-refractivity contribution is 6.13. The zero-order valence-corrected chi connectivity index (χ0v) is 22.7. The molecule has 0 unspecified atom stereocenters. The van der Waals surface area contributed by atoms with E-state index in [2.05, 4.69) is 32.6 Å². The number of carboxylic acid groups (broad SMARTS) is 1. The third-order valence-corrected chi connectivity index (χ3v) is 7.04. The van der Waals surface area contributed by atoms with Gasteiger partial charge in [0.15, 0.2) is 0 Å². The van der Waals surface area contributed by atoms with Gasteiger partial charge in [0, 0.05) is 39.2 Å². The lowest BCUT2D eigenvalue weighted by Gasteiger charge is -2.40. The highest BCUT2D eigenvalue weighted by Crippen LogP contribution is 2.38. The average Bonchev–Trinajstić information content (AvgIpc) is 3.16. The second kappa shape index (κ2) is 11.6. The van der Waals surface area contributed by atoms with Crippen LogP contribution in [0.15, 0.2) is 59.8 Å². The smallest absolute Gasteiger partial charge is 0.405 e. The Morgan fingerprint density at radius 2 is 1.88 bits per heavy atom. The quantitative estimate of drug-likeness (QED) is 0.452. The van der Waals surface area contributed by atoms with Crippen LogP contribution in [-0.4, -0.2) is 81.2 Å². The van der Waals surface area contributed by atoms with Crippen molar-refractivity contribution in [3.05, 3.63) is 66.0 Å². The molecule has 11 nitrogen and oxygen atoms in total. The molecule has 1 saturated heterocycles. The molecule has 0 aliphatic carbocycles. The predicted octanol–water partition coefficient (Wildman–Crippen LogP) is 1.64. The van der Waals surface area contributed by atoms with Crippen LogP contribution in [0.3, 0.4) is 0 Å². The van der Waals surface area contributed by atoms with E-state index < -0.39 is 34.9 Å². The van der Waals surface area contributed by atoms with Gasteiger partial charge in [-0.25, -0.2) is 14.8 Å². The summed E-state index contributed by atoms with van der Waals surface area (Å²) < 4.78 is 0. The van der Waals surface area contributed by atoms with E-state index in [1.807, 2.05) is 30.3 Å².